The minimum Gasteiger partial charge on any atom is -0.322 e. The minimum atomic E-state index is -0.179. The molecule has 5 nitrogen and oxygen atoms in total. The molecular weight excluding hydrogens is 300 g/mol. The van der Waals surface area contributed by atoms with Gasteiger partial charge in [0, 0.05) is 24.0 Å². The number of rotatable bonds is 3. The van der Waals surface area contributed by atoms with Gasteiger partial charge in [-0.1, -0.05) is 23.7 Å². The highest BCUT2D eigenvalue weighted by atomic mass is 35.5. The van der Waals surface area contributed by atoms with E-state index in [0.717, 1.165) is 23.9 Å². The third kappa shape index (κ3) is 2.05. The maximum atomic E-state index is 13.0. The van der Waals surface area contributed by atoms with Crippen LogP contribution >= 0.6 is 11.6 Å². The van der Waals surface area contributed by atoms with Crippen LogP contribution in [-0.2, 0) is 0 Å². The molecule has 6 heteroatoms. The van der Waals surface area contributed by atoms with Crippen LogP contribution in [0.3, 0.4) is 0 Å². The Labute approximate surface area is 131 Å². The highest BCUT2D eigenvalue weighted by molar-refractivity contribution is 6.35. The van der Waals surface area contributed by atoms with Crippen LogP contribution in [0.15, 0.2) is 41.3 Å². The average molecular weight is 315 g/mol. The molecule has 0 bridgehead atoms. The van der Waals surface area contributed by atoms with Crippen molar-refractivity contribution in [2.24, 2.45) is 11.7 Å². The summed E-state index contributed by atoms with van der Waals surface area (Å²) in [6, 6.07) is 9.00. The number of nitrogens with two attached hydrogens (primary N) is 1. The van der Waals surface area contributed by atoms with Gasteiger partial charge in [0.05, 0.1) is 10.4 Å². The average Bonchev–Trinajstić information content (AvgIpc) is 3.22. The van der Waals surface area contributed by atoms with E-state index in [1.807, 2.05) is 18.2 Å². The lowest BCUT2D eigenvalue weighted by Gasteiger charge is -2.18. The van der Waals surface area contributed by atoms with Gasteiger partial charge in [-0.15, -0.1) is 0 Å². The lowest BCUT2D eigenvalue weighted by molar-refractivity contribution is 0.593. The van der Waals surface area contributed by atoms with Crippen molar-refractivity contribution in [2.75, 3.05) is 0 Å². The number of aromatic amines is 1. The van der Waals surface area contributed by atoms with Gasteiger partial charge in [0.1, 0.15) is 0 Å². The highest BCUT2D eigenvalue weighted by Gasteiger charge is 2.32. The molecule has 0 saturated heterocycles. The molecule has 1 fully saturated rings. The number of halogens is 1. The van der Waals surface area contributed by atoms with E-state index >= 15 is 0 Å². The number of aromatic nitrogens is 3. The van der Waals surface area contributed by atoms with Crippen molar-refractivity contribution in [3.63, 3.8) is 0 Å². The predicted octanol–water partition coefficient (Wildman–Crippen LogP) is 2.78. The number of hydrogen-bond donors (Lipinski definition) is 2. The van der Waals surface area contributed by atoms with Gasteiger partial charge < -0.3 is 5.73 Å². The molecule has 1 atom stereocenters. The molecule has 4 rings (SSSR count). The largest absolute Gasteiger partial charge is 0.322 e. The van der Waals surface area contributed by atoms with Gasteiger partial charge in [-0.3, -0.25) is 14.5 Å². The zero-order valence-electron chi connectivity index (χ0n) is 11.8. The van der Waals surface area contributed by atoms with Crippen LogP contribution in [0, 0.1) is 5.92 Å². The summed E-state index contributed by atoms with van der Waals surface area (Å²) in [6.45, 7) is 0. The molecule has 2 heterocycles. The summed E-state index contributed by atoms with van der Waals surface area (Å²) in [5, 5.41) is 8.65. The first kappa shape index (κ1) is 13.5. The van der Waals surface area contributed by atoms with E-state index in [-0.39, 0.29) is 11.6 Å². The fraction of sp³-hybridized carbons (Fsp3) is 0.250. The Hall–Kier alpha value is -2.11. The Morgan fingerprint density at radius 2 is 2.18 bits per heavy atom. The molecule has 1 aliphatic rings. The number of benzene rings is 1. The van der Waals surface area contributed by atoms with Gasteiger partial charge in [0.25, 0.3) is 5.56 Å². The minimum absolute atomic E-state index is 0.173. The smallest absolute Gasteiger partial charge is 0.265 e. The topological polar surface area (TPSA) is 76.7 Å². The monoisotopic (exact) mass is 314 g/mol. The summed E-state index contributed by atoms with van der Waals surface area (Å²) in [4.78, 5) is 13.0. The number of fused-ring (bicyclic) bond motifs is 1. The molecule has 2 aromatic heterocycles. The fourth-order valence-electron chi connectivity index (χ4n) is 2.90. The number of nitrogens with one attached hydrogen (secondary N) is 1. The molecule has 22 heavy (non-hydrogen) atoms. The summed E-state index contributed by atoms with van der Waals surface area (Å²) >= 11 is 6.23. The molecule has 0 spiro atoms. The molecule has 0 amide bonds. The van der Waals surface area contributed by atoms with Crippen molar-refractivity contribution in [3.8, 4) is 5.82 Å². The molecule has 1 unspecified atom stereocenters. The Morgan fingerprint density at radius 3 is 2.86 bits per heavy atom. The quantitative estimate of drug-likeness (QED) is 0.780. The Morgan fingerprint density at radius 1 is 1.36 bits per heavy atom. The molecule has 0 radical (unpaired) electrons. The molecule has 112 valence electrons. The van der Waals surface area contributed by atoms with Gasteiger partial charge in [-0.2, -0.15) is 5.10 Å². The summed E-state index contributed by atoms with van der Waals surface area (Å²) in [7, 11) is 0. The molecular formula is C16H15ClN4O. The van der Waals surface area contributed by atoms with Crippen molar-refractivity contribution in [3.05, 3.63) is 57.6 Å². The van der Waals surface area contributed by atoms with Crippen LogP contribution < -0.4 is 11.3 Å². The van der Waals surface area contributed by atoms with E-state index in [9.17, 15) is 4.79 Å². The fourth-order valence-corrected chi connectivity index (χ4v) is 3.16. The van der Waals surface area contributed by atoms with Crippen LogP contribution in [0.5, 0.6) is 0 Å². The standard InChI is InChI=1S/C16H15ClN4O/c17-11-3-1-2-10-8-12(15(18)9-4-5-9)21(16(22)14(10)11)13-6-7-19-20-13/h1-3,6-9,15H,4-5,18H2,(H,19,20). The van der Waals surface area contributed by atoms with Crippen LogP contribution in [-0.4, -0.2) is 14.8 Å². The van der Waals surface area contributed by atoms with Crippen molar-refractivity contribution in [2.45, 2.75) is 18.9 Å². The van der Waals surface area contributed by atoms with Crippen LogP contribution in [0.4, 0.5) is 0 Å². The second kappa shape index (κ2) is 4.97. The summed E-state index contributed by atoms with van der Waals surface area (Å²) in [5.74, 6) is 0.971. The van der Waals surface area contributed by atoms with E-state index in [1.54, 1.807) is 22.9 Å². The van der Waals surface area contributed by atoms with E-state index < -0.39 is 0 Å². The Balaban J connectivity index is 2.08. The molecule has 1 saturated carbocycles. The second-order valence-corrected chi connectivity index (χ2v) is 6.12. The second-order valence-electron chi connectivity index (χ2n) is 5.71. The van der Waals surface area contributed by atoms with E-state index in [0.29, 0.717) is 22.1 Å². The third-order valence-corrected chi connectivity index (χ3v) is 4.53. The molecule has 3 aromatic rings. The van der Waals surface area contributed by atoms with Crippen LogP contribution in [0.1, 0.15) is 24.6 Å². The summed E-state index contributed by atoms with van der Waals surface area (Å²) < 4.78 is 1.58. The number of H-pyrrole nitrogens is 1. The van der Waals surface area contributed by atoms with Crippen molar-refractivity contribution < 1.29 is 0 Å². The highest BCUT2D eigenvalue weighted by Crippen LogP contribution is 2.40. The zero-order valence-corrected chi connectivity index (χ0v) is 12.5. The van der Waals surface area contributed by atoms with Crippen molar-refractivity contribution >= 4 is 22.4 Å². The first-order valence-electron chi connectivity index (χ1n) is 7.27. The number of hydrogen-bond acceptors (Lipinski definition) is 3. The van der Waals surface area contributed by atoms with Crippen molar-refractivity contribution in [1.82, 2.24) is 14.8 Å². The summed E-state index contributed by atoms with van der Waals surface area (Å²) in [5.41, 5.74) is 6.98. The van der Waals surface area contributed by atoms with Crippen LogP contribution in [0.2, 0.25) is 5.02 Å². The number of nitrogens with zero attached hydrogens (tertiary/aromatic N) is 2. The molecule has 1 aliphatic carbocycles. The predicted molar refractivity (Wildman–Crippen MR) is 86.4 cm³/mol. The Bertz CT molecular complexity index is 896. The molecule has 3 N–H and O–H groups in total. The lowest BCUT2D eigenvalue weighted by Crippen LogP contribution is -2.28. The van der Waals surface area contributed by atoms with E-state index in [2.05, 4.69) is 10.2 Å². The number of pyridine rings is 1. The van der Waals surface area contributed by atoms with Gasteiger partial charge in [0.15, 0.2) is 5.82 Å². The lowest BCUT2D eigenvalue weighted by atomic mass is 10.0. The van der Waals surface area contributed by atoms with Gasteiger partial charge in [-0.05, 0) is 36.3 Å². The first-order valence-corrected chi connectivity index (χ1v) is 7.64. The van der Waals surface area contributed by atoms with Gasteiger partial charge in [-0.25, -0.2) is 0 Å². The molecule has 1 aromatic carbocycles. The van der Waals surface area contributed by atoms with Gasteiger partial charge in [0.2, 0.25) is 0 Å². The normalized spacial score (nSPS) is 16.1. The van der Waals surface area contributed by atoms with Crippen molar-refractivity contribution in [1.29, 1.82) is 0 Å². The van der Waals surface area contributed by atoms with Crippen LogP contribution in [0.25, 0.3) is 16.6 Å². The summed E-state index contributed by atoms with van der Waals surface area (Å²) in [6.07, 6.45) is 3.89. The van der Waals surface area contributed by atoms with Gasteiger partial charge >= 0.3 is 0 Å². The zero-order chi connectivity index (χ0) is 15.3. The molecule has 0 aliphatic heterocycles. The SMILES string of the molecule is NC(c1cc2cccc(Cl)c2c(=O)n1-c1cc[nH]n1)C1CC1. The first-order chi connectivity index (χ1) is 10.7. The van der Waals surface area contributed by atoms with E-state index in [4.69, 9.17) is 17.3 Å². The third-order valence-electron chi connectivity index (χ3n) is 4.21. The maximum absolute atomic E-state index is 13.0. The Kier molecular flexibility index (Phi) is 3.06. The van der Waals surface area contributed by atoms with E-state index in [1.165, 1.54) is 0 Å². The maximum Gasteiger partial charge on any atom is 0.265 e.